The predicted molar refractivity (Wildman–Crippen MR) is 74.5 cm³/mol. The molecule has 1 saturated carbocycles. The first-order chi connectivity index (χ1) is 8.66. The highest BCUT2D eigenvalue weighted by Gasteiger charge is 2.23. The van der Waals surface area contributed by atoms with Crippen molar-refractivity contribution < 1.29 is 4.79 Å². The molecule has 1 aliphatic carbocycles. The van der Waals surface area contributed by atoms with Crippen molar-refractivity contribution in [3.8, 4) is 0 Å². The molecular weight excluding hydrogens is 222 g/mol. The number of carbonyl (C=O) groups is 1. The van der Waals surface area contributed by atoms with Gasteiger partial charge in [0.1, 0.15) is 5.78 Å². The maximum atomic E-state index is 11.8. The van der Waals surface area contributed by atoms with E-state index in [-0.39, 0.29) is 5.92 Å². The Morgan fingerprint density at radius 2 is 2.06 bits per heavy atom. The molecule has 0 amide bonds. The summed E-state index contributed by atoms with van der Waals surface area (Å²) < 4.78 is 0. The van der Waals surface area contributed by atoms with E-state index in [0.29, 0.717) is 5.78 Å². The van der Waals surface area contributed by atoms with Gasteiger partial charge in [-0.25, -0.2) is 0 Å². The molecule has 1 unspecified atom stereocenters. The van der Waals surface area contributed by atoms with Crippen LogP contribution in [0.5, 0.6) is 0 Å². The minimum atomic E-state index is 0.271. The van der Waals surface area contributed by atoms with Crippen molar-refractivity contribution >= 4 is 5.78 Å². The average Bonchev–Trinajstić information content (AvgIpc) is 2.35. The normalized spacial score (nSPS) is 20.4. The number of rotatable bonds is 4. The number of hydrogen-bond donors (Lipinski definition) is 0. The maximum absolute atomic E-state index is 11.8. The van der Waals surface area contributed by atoms with Crippen LogP contribution in [-0.4, -0.2) is 24.3 Å². The largest absolute Gasteiger partial charge is 0.301 e. The van der Waals surface area contributed by atoms with Crippen LogP contribution >= 0.6 is 0 Å². The highest BCUT2D eigenvalue weighted by atomic mass is 16.1. The number of aryl methyl sites for hydroxylation is 1. The second-order valence-corrected chi connectivity index (χ2v) is 5.53. The summed E-state index contributed by atoms with van der Waals surface area (Å²) >= 11 is 0. The van der Waals surface area contributed by atoms with Crippen LogP contribution < -0.4 is 0 Å². The van der Waals surface area contributed by atoms with Gasteiger partial charge in [0.05, 0.1) is 0 Å². The predicted octanol–water partition coefficient (Wildman–Crippen LogP) is 3.19. The number of carbonyl (C=O) groups excluding carboxylic acids is 1. The molecule has 0 N–H and O–H groups in total. The Morgan fingerprint density at radius 1 is 1.28 bits per heavy atom. The SMILES string of the molecule is Cc1ccccc1CN(C)CC1CCCCC1=O. The summed E-state index contributed by atoms with van der Waals surface area (Å²) in [7, 11) is 2.12. The maximum Gasteiger partial charge on any atom is 0.137 e. The molecule has 18 heavy (non-hydrogen) atoms. The van der Waals surface area contributed by atoms with Crippen LogP contribution in [0.1, 0.15) is 36.8 Å². The van der Waals surface area contributed by atoms with Gasteiger partial charge < -0.3 is 4.90 Å². The standard InChI is InChI=1S/C16H23NO/c1-13-7-3-4-8-14(13)11-17(2)12-15-9-5-6-10-16(15)18/h3-4,7-8,15H,5-6,9-12H2,1-2H3. The number of ketones is 1. The van der Waals surface area contributed by atoms with E-state index in [2.05, 4.69) is 43.1 Å². The zero-order valence-electron chi connectivity index (χ0n) is 11.5. The quantitative estimate of drug-likeness (QED) is 0.812. The van der Waals surface area contributed by atoms with Gasteiger partial charge in [0, 0.05) is 25.4 Å². The summed E-state index contributed by atoms with van der Waals surface area (Å²) in [6.07, 6.45) is 4.19. The molecule has 0 heterocycles. The minimum absolute atomic E-state index is 0.271. The molecule has 2 rings (SSSR count). The van der Waals surface area contributed by atoms with Crippen molar-refractivity contribution in [2.75, 3.05) is 13.6 Å². The van der Waals surface area contributed by atoms with Crippen LogP contribution in [-0.2, 0) is 11.3 Å². The van der Waals surface area contributed by atoms with E-state index in [1.165, 1.54) is 17.5 Å². The first kappa shape index (κ1) is 13.3. The number of Topliss-reactive ketones (excluding diaryl/α,β-unsaturated/α-hetero) is 1. The van der Waals surface area contributed by atoms with E-state index in [4.69, 9.17) is 0 Å². The van der Waals surface area contributed by atoms with E-state index >= 15 is 0 Å². The minimum Gasteiger partial charge on any atom is -0.301 e. The fourth-order valence-corrected chi connectivity index (χ4v) is 2.77. The van der Waals surface area contributed by atoms with E-state index in [0.717, 1.165) is 32.4 Å². The Bertz CT molecular complexity index is 413. The lowest BCUT2D eigenvalue weighted by molar-refractivity contribution is -0.125. The second-order valence-electron chi connectivity index (χ2n) is 5.53. The fraction of sp³-hybridized carbons (Fsp3) is 0.562. The Hall–Kier alpha value is -1.15. The molecule has 0 bridgehead atoms. The number of benzene rings is 1. The van der Waals surface area contributed by atoms with Gasteiger partial charge in [0.2, 0.25) is 0 Å². The molecule has 2 heteroatoms. The molecular formula is C16H23NO. The van der Waals surface area contributed by atoms with Crippen molar-refractivity contribution in [3.63, 3.8) is 0 Å². The molecule has 0 saturated heterocycles. The van der Waals surface area contributed by atoms with Crippen LogP contribution in [0.15, 0.2) is 24.3 Å². The van der Waals surface area contributed by atoms with Gasteiger partial charge in [-0.15, -0.1) is 0 Å². The lowest BCUT2D eigenvalue weighted by atomic mass is 9.87. The molecule has 1 fully saturated rings. The summed E-state index contributed by atoms with van der Waals surface area (Å²) in [6, 6.07) is 8.48. The Morgan fingerprint density at radius 3 is 2.78 bits per heavy atom. The lowest BCUT2D eigenvalue weighted by Gasteiger charge is -2.26. The Kier molecular flexibility index (Phi) is 4.54. The molecule has 1 aliphatic rings. The van der Waals surface area contributed by atoms with Crippen LogP contribution in [0, 0.1) is 12.8 Å². The molecule has 1 aromatic carbocycles. The Balaban J connectivity index is 1.90. The topological polar surface area (TPSA) is 20.3 Å². The highest BCUT2D eigenvalue weighted by molar-refractivity contribution is 5.81. The lowest BCUT2D eigenvalue weighted by Crippen LogP contribution is -2.32. The second kappa shape index (κ2) is 6.14. The molecule has 1 aromatic rings. The zero-order valence-corrected chi connectivity index (χ0v) is 11.5. The zero-order chi connectivity index (χ0) is 13.0. The number of hydrogen-bond acceptors (Lipinski definition) is 2. The van der Waals surface area contributed by atoms with Crippen molar-refractivity contribution in [2.24, 2.45) is 5.92 Å². The van der Waals surface area contributed by atoms with Crippen molar-refractivity contribution in [1.29, 1.82) is 0 Å². The molecule has 98 valence electrons. The van der Waals surface area contributed by atoms with E-state index in [9.17, 15) is 4.79 Å². The third kappa shape index (κ3) is 3.42. The number of nitrogens with zero attached hydrogens (tertiary/aromatic N) is 1. The van der Waals surface area contributed by atoms with E-state index < -0.39 is 0 Å². The van der Waals surface area contributed by atoms with Gasteiger partial charge >= 0.3 is 0 Å². The van der Waals surface area contributed by atoms with E-state index in [1.54, 1.807) is 0 Å². The molecule has 2 nitrogen and oxygen atoms in total. The van der Waals surface area contributed by atoms with Crippen LogP contribution in [0.2, 0.25) is 0 Å². The van der Waals surface area contributed by atoms with Gasteiger partial charge in [0.25, 0.3) is 0 Å². The smallest absolute Gasteiger partial charge is 0.137 e. The Labute approximate surface area is 110 Å². The van der Waals surface area contributed by atoms with Gasteiger partial charge in [-0.1, -0.05) is 30.7 Å². The first-order valence-electron chi connectivity index (χ1n) is 6.92. The fourth-order valence-electron chi connectivity index (χ4n) is 2.77. The summed E-state index contributed by atoms with van der Waals surface area (Å²) in [4.78, 5) is 14.1. The van der Waals surface area contributed by atoms with Crippen molar-refractivity contribution in [2.45, 2.75) is 39.2 Å². The van der Waals surface area contributed by atoms with Crippen LogP contribution in [0.4, 0.5) is 0 Å². The van der Waals surface area contributed by atoms with Gasteiger partial charge in [0.15, 0.2) is 0 Å². The molecule has 0 aromatic heterocycles. The van der Waals surface area contributed by atoms with Crippen molar-refractivity contribution in [3.05, 3.63) is 35.4 Å². The molecule has 1 atom stereocenters. The summed E-state index contributed by atoms with van der Waals surface area (Å²) in [5, 5.41) is 0. The monoisotopic (exact) mass is 245 g/mol. The van der Waals surface area contributed by atoms with Crippen molar-refractivity contribution in [1.82, 2.24) is 4.90 Å². The summed E-state index contributed by atoms with van der Waals surface area (Å²) in [5.74, 6) is 0.741. The molecule has 0 radical (unpaired) electrons. The van der Waals surface area contributed by atoms with Gasteiger partial charge in [-0.2, -0.15) is 0 Å². The summed E-state index contributed by atoms with van der Waals surface area (Å²) in [5.41, 5.74) is 2.70. The molecule has 0 spiro atoms. The van der Waals surface area contributed by atoms with Crippen LogP contribution in [0.25, 0.3) is 0 Å². The highest BCUT2D eigenvalue weighted by Crippen LogP contribution is 2.22. The van der Waals surface area contributed by atoms with E-state index in [1.807, 2.05) is 0 Å². The third-order valence-electron chi connectivity index (χ3n) is 3.91. The summed E-state index contributed by atoms with van der Waals surface area (Å²) in [6.45, 7) is 4.00. The first-order valence-corrected chi connectivity index (χ1v) is 6.92. The molecule has 0 aliphatic heterocycles. The van der Waals surface area contributed by atoms with Gasteiger partial charge in [-0.3, -0.25) is 4.79 Å². The van der Waals surface area contributed by atoms with Crippen LogP contribution in [0.3, 0.4) is 0 Å². The third-order valence-corrected chi connectivity index (χ3v) is 3.91. The van der Waals surface area contributed by atoms with Gasteiger partial charge in [-0.05, 0) is 37.9 Å². The average molecular weight is 245 g/mol.